The SMILES string of the molecule is CC(NCCC(=O)NCCO)c1ccccc1. The number of hydrogen-bond acceptors (Lipinski definition) is 3. The molecular formula is C13H20N2O2. The molecule has 0 radical (unpaired) electrons. The van der Waals surface area contributed by atoms with Crippen LogP contribution >= 0.6 is 0 Å². The smallest absolute Gasteiger partial charge is 0.221 e. The molecule has 94 valence electrons. The van der Waals surface area contributed by atoms with Gasteiger partial charge in [0.15, 0.2) is 0 Å². The average molecular weight is 236 g/mol. The average Bonchev–Trinajstić information content (AvgIpc) is 2.37. The van der Waals surface area contributed by atoms with Gasteiger partial charge in [-0.15, -0.1) is 0 Å². The van der Waals surface area contributed by atoms with Crippen LogP contribution in [0.2, 0.25) is 0 Å². The zero-order valence-electron chi connectivity index (χ0n) is 10.1. The summed E-state index contributed by atoms with van der Waals surface area (Å²) < 4.78 is 0. The molecule has 1 rings (SSSR count). The van der Waals surface area contributed by atoms with E-state index in [1.807, 2.05) is 18.2 Å². The van der Waals surface area contributed by atoms with Gasteiger partial charge in [0.1, 0.15) is 0 Å². The summed E-state index contributed by atoms with van der Waals surface area (Å²) in [6.45, 7) is 3.01. The monoisotopic (exact) mass is 236 g/mol. The highest BCUT2D eigenvalue weighted by Crippen LogP contribution is 2.10. The number of benzene rings is 1. The van der Waals surface area contributed by atoms with Gasteiger partial charge in [-0.3, -0.25) is 4.79 Å². The van der Waals surface area contributed by atoms with Crippen LogP contribution in [-0.2, 0) is 4.79 Å². The summed E-state index contributed by atoms with van der Waals surface area (Å²) in [6.07, 6.45) is 0.428. The molecule has 0 aliphatic carbocycles. The fraction of sp³-hybridized carbons (Fsp3) is 0.462. The Labute approximate surface area is 102 Å². The van der Waals surface area contributed by atoms with Crippen molar-refractivity contribution in [3.63, 3.8) is 0 Å². The van der Waals surface area contributed by atoms with Crippen LogP contribution in [0.15, 0.2) is 30.3 Å². The van der Waals surface area contributed by atoms with E-state index in [1.165, 1.54) is 5.56 Å². The van der Waals surface area contributed by atoms with Crippen LogP contribution in [0.3, 0.4) is 0 Å². The molecule has 0 aromatic heterocycles. The van der Waals surface area contributed by atoms with Crippen LogP contribution in [0.5, 0.6) is 0 Å². The van der Waals surface area contributed by atoms with Gasteiger partial charge in [0.2, 0.25) is 5.91 Å². The Kier molecular flexibility index (Phi) is 6.29. The fourth-order valence-corrected chi connectivity index (χ4v) is 1.55. The molecule has 17 heavy (non-hydrogen) atoms. The molecule has 1 unspecified atom stereocenters. The molecule has 3 N–H and O–H groups in total. The summed E-state index contributed by atoms with van der Waals surface area (Å²) >= 11 is 0. The summed E-state index contributed by atoms with van der Waals surface area (Å²) in [6, 6.07) is 10.3. The maximum absolute atomic E-state index is 11.3. The first kappa shape index (κ1) is 13.7. The minimum Gasteiger partial charge on any atom is -0.395 e. The Balaban J connectivity index is 2.20. The van der Waals surface area contributed by atoms with Gasteiger partial charge in [0.25, 0.3) is 0 Å². The molecule has 4 nitrogen and oxygen atoms in total. The third-order valence-electron chi connectivity index (χ3n) is 2.54. The van der Waals surface area contributed by atoms with Crippen molar-refractivity contribution < 1.29 is 9.90 Å². The predicted molar refractivity (Wildman–Crippen MR) is 67.6 cm³/mol. The van der Waals surface area contributed by atoms with E-state index in [0.717, 1.165) is 0 Å². The normalized spacial score (nSPS) is 12.1. The van der Waals surface area contributed by atoms with Gasteiger partial charge in [0, 0.05) is 25.6 Å². The molecule has 4 heteroatoms. The molecule has 0 bridgehead atoms. The van der Waals surface area contributed by atoms with Crippen LogP contribution < -0.4 is 10.6 Å². The Hall–Kier alpha value is -1.39. The minimum atomic E-state index is -0.0354. The number of aliphatic hydroxyl groups is 1. The summed E-state index contributed by atoms with van der Waals surface area (Å²) in [4.78, 5) is 11.3. The van der Waals surface area contributed by atoms with Crippen molar-refractivity contribution in [1.82, 2.24) is 10.6 Å². The standard InChI is InChI=1S/C13H20N2O2/c1-11(12-5-3-2-4-6-12)14-8-7-13(17)15-9-10-16/h2-6,11,14,16H,7-10H2,1H3,(H,15,17). The molecule has 1 aromatic rings. The lowest BCUT2D eigenvalue weighted by Gasteiger charge is -2.13. The van der Waals surface area contributed by atoms with Crippen molar-refractivity contribution in [3.8, 4) is 0 Å². The lowest BCUT2D eigenvalue weighted by molar-refractivity contribution is -0.121. The molecule has 0 spiro atoms. The molecule has 0 aliphatic heterocycles. The second-order valence-electron chi connectivity index (χ2n) is 3.91. The summed E-state index contributed by atoms with van der Waals surface area (Å²) in [7, 11) is 0. The Morgan fingerprint density at radius 2 is 2.00 bits per heavy atom. The van der Waals surface area contributed by atoms with Crippen LogP contribution in [0, 0.1) is 0 Å². The third-order valence-corrected chi connectivity index (χ3v) is 2.54. The van der Waals surface area contributed by atoms with Crippen LogP contribution in [0.25, 0.3) is 0 Å². The van der Waals surface area contributed by atoms with Crippen molar-refractivity contribution in [2.45, 2.75) is 19.4 Å². The van der Waals surface area contributed by atoms with Gasteiger partial charge < -0.3 is 15.7 Å². The van der Waals surface area contributed by atoms with Gasteiger partial charge in [0.05, 0.1) is 6.61 Å². The van der Waals surface area contributed by atoms with Crippen molar-refractivity contribution in [1.29, 1.82) is 0 Å². The number of amides is 1. The lowest BCUT2D eigenvalue weighted by atomic mass is 10.1. The number of rotatable bonds is 7. The summed E-state index contributed by atoms with van der Waals surface area (Å²) in [5.41, 5.74) is 1.21. The molecule has 1 atom stereocenters. The van der Waals surface area contributed by atoms with E-state index in [9.17, 15) is 4.79 Å². The third kappa shape index (κ3) is 5.47. The quantitative estimate of drug-likeness (QED) is 0.657. The van der Waals surface area contributed by atoms with Gasteiger partial charge in [-0.05, 0) is 12.5 Å². The largest absolute Gasteiger partial charge is 0.395 e. The maximum atomic E-state index is 11.3. The zero-order valence-corrected chi connectivity index (χ0v) is 10.1. The Morgan fingerprint density at radius 3 is 2.65 bits per heavy atom. The summed E-state index contributed by atoms with van der Waals surface area (Å²) in [5, 5.41) is 14.4. The molecule has 0 heterocycles. The van der Waals surface area contributed by atoms with Crippen molar-refractivity contribution in [2.75, 3.05) is 19.7 Å². The van der Waals surface area contributed by atoms with Gasteiger partial charge in [-0.1, -0.05) is 30.3 Å². The molecule has 0 aliphatic rings. The number of nitrogens with one attached hydrogen (secondary N) is 2. The highest BCUT2D eigenvalue weighted by Gasteiger charge is 2.05. The molecule has 0 saturated heterocycles. The number of aliphatic hydroxyl groups excluding tert-OH is 1. The van der Waals surface area contributed by atoms with Gasteiger partial charge >= 0.3 is 0 Å². The van der Waals surface area contributed by atoms with E-state index in [-0.39, 0.29) is 18.6 Å². The Bertz CT molecular complexity index is 327. The zero-order chi connectivity index (χ0) is 12.5. The summed E-state index contributed by atoms with van der Waals surface area (Å²) in [5.74, 6) is -0.0354. The molecule has 1 aromatic carbocycles. The Morgan fingerprint density at radius 1 is 1.29 bits per heavy atom. The minimum absolute atomic E-state index is 0.0143. The van der Waals surface area contributed by atoms with E-state index in [1.54, 1.807) is 0 Å². The van der Waals surface area contributed by atoms with Crippen molar-refractivity contribution in [3.05, 3.63) is 35.9 Å². The van der Waals surface area contributed by atoms with Crippen LogP contribution in [0.4, 0.5) is 0 Å². The van der Waals surface area contributed by atoms with Crippen molar-refractivity contribution in [2.24, 2.45) is 0 Å². The van der Waals surface area contributed by atoms with E-state index in [2.05, 4.69) is 29.7 Å². The number of hydrogen-bond donors (Lipinski definition) is 3. The number of carbonyl (C=O) groups is 1. The van der Waals surface area contributed by atoms with E-state index in [0.29, 0.717) is 19.5 Å². The first-order valence-corrected chi connectivity index (χ1v) is 5.90. The number of carbonyl (C=O) groups excluding carboxylic acids is 1. The second kappa shape index (κ2) is 7.81. The molecule has 0 saturated carbocycles. The highest BCUT2D eigenvalue weighted by atomic mass is 16.3. The molecule has 0 fully saturated rings. The van der Waals surface area contributed by atoms with E-state index >= 15 is 0 Å². The molecule has 1 amide bonds. The molecular weight excluding hydrogens is 216 g/mol. The van der Waals surface area contributed by atoms with Crippen molar-refractivity contribution >= 4 is 5.91 Å². The predicted octanol–water partition coefficient (Wildman–Crippen LogP) is 0.836. The topological polar surface area (TPSA) is 61.4 Å². The first-order chi connectivity index (χ1) is 8.24. The van der Waals surface area contributed by atoms with Crippen LogP contribution in [0.1, 0.15) is 24.9 Å². The maximum Gasteiger partial charge on any atom is 0.221 e. The highest BCUT2D eigenvalue weighted by molar-refractivity contribution is 5.76. The first-order valence-electron chi connectivity index (χ1n) is 5.90. The fourth-order valence-electron chi connectivity index (χ4n) is 1.55. The second-order valence-corrected chi connectivity index (χ2v) is 3.91. The van der Waals surface area contributed by atoms with E-state index in [4.69, 9.17) is 5.11 Å². The van der Waals surface area contributed by atoms with Gasteiger partial charge in [-0.2, -0.15) is 0 Å². The lowest BCUT2D eigenvalue weighted by Crippen LogP contribution is -2.30. The van der Waals surface area contributed by atoms with Crippen LogP contribution in [-0.4, -0.2) is 30.7 Å². The van der Waals surface area contributed by atoms with E-state index < -0.39 is 0 Å². The van der Waals surface area contributed by atoms with Gasteiger partial charge in [-0.25, -0.2) is 0 Å².